The van der Waals surface area contributed by atoms with E-state index in [0.29, 0.717) is 41.3 Å². The molecule has 0 radical (unpaired) electrons. The van der Waals surface area contributed by atoms with Crippen molar-refractivity contribution >= 4 is 35.2 Å². The van der Waals surface area contributed by atoms with Crippen molar-refractivity contribution in [2.45, 2.75) is 6.54 Å². The molecule has 1 heterocycles. The van der Waals surface area contributed by atoms with Crippen LogP contribution in [-0.4, -0.2) is 19.1 Å². The Morgan fingerprint density at radius 1 is 1.17 bits per heavy atom. The summed E-state index contributed by atoms with van der Waals surface area (Å²) < 4.78 is 11.0. The Hall–Kier alpha value is -2.17. The first-order valence-corrected chi connectivity index (χ1v) is 8.17. The average molecular weight is 364 g/mol. The van der Waals surface area contributed by atoms with E-state index < -0.39 is 0 Å². The third-order valence-corrected chi connectivity index (χ3v) is 3.92. The summed E-state index contributed by atoms with van der Waals surface area (Å²) in [5.74, 6) is 0.930. The number of benzene rings is 2. The summed E-state index contributed by atoms with van der Waals surface area (Å²) >= 11 is 12.1. The van der Waals surface area contributed by atoms with Gasteiger partial charge in [-0.1, -0.05) is 35.3 Å². The van der Waals surface area contributed by atoms with Gasteiger partial charge in [0.1, 0.15) is 13.2 Å². The zero-order valence-corrected chi connectivity index (χ0v) is 14.2. The molecule has 0 bridgehead atoms. The first kappa shape index (κ1) is 16.7. The van der Waals surface area contributed by atoms with Crippen LogP contribution < -0.4 is 14.8 Å². The van der Waals surface area contributed by atoms with Crippen LogP contribution in [0.1, 0.15) is 11.1 Å². The van der Waals surface area contributed by atoms with Crippen molar-refractivity contribution < 1.29 is 14.3 Å². The maximum atomic E-state index is 11.9. The third kappa shape index (κ3) is 4.22. The molecule has 0 fully saturated rings. The summed E-state index contributed by atoms with van der Waals surface area (Å²) in [6, 6.07) is 10.9. The van der Waals surface area contributed by atoms with Crippen molar-refractivity contribution in [1.82, 2.24) is 5.32 Å². The highest BCUT2D eigenvalue weighted by atomic mass is 35.5. The summed E-state index contributed by atoms with van der Waals surface area (Å²) in [5, 5.41) is 3.91. The van der Waals surface area contributed by atoms with Crippen molar-refractivity contribution in [1.29, 1.82) is 0 Å². The number of hydrogen-bond donors (Lipinski definition) is 1. The Balaban J connectivity index is 1.63. The molecular formula is C18H15Cl2NO3. The predicted octanol–water partition coefficient (Wildman–Crippen LogP) is 4.09. The predicted molar refractivity (Wildman–Crippen MR) is 94.8 cm³/mol. The molecule has 0 saturated heterocycles. The highest BCUT2D eigenvalue weighted by Crippen LogP contribution is 2.38. The van der Waals surface area contributed by atoms with Gasteiger partial charge in [0.25, 0.3) is 0 Å². The fourth-order valence-electron chi connectivity index (χ4n) is 2.29. The second-order valence-electron chi connectivity index (χ2n) is 5.21. The lowest BCUT2D eigenvalue weighted by Crippen LogP contribution is -2.20. The summed E-state index contributed by atoms with van der Waals surface area (Å²) in [6.45, 7) is 1.37. The molecule has 1 N–H and O–H groups in total. The van der Waals surface area contributed by atoms with Gasteiger partial charge in [0.2, 0.25) is 5.91 Å². The molecule has 0 aromatic heterocycles. The zero-order valence-electron chi connectivity index (χ0n) is 12.7. The number of carbonyl (C=O) groups excluding carboxylic acids is 1. The maximum absolute atomic E-state index is 11.9. The van der Waals surface area contributed by atoms with Crippen LogP contribution in [0, 0.1) is 0 Å². The monoisotopic (exact) mass is 363 g/mol. The van der Waals surface area contributed by atoms with Crippen LogP contribution in [-0.2, 0) is 11.3 Å². The van der Waals surface area contributed by atoms with Gasteiger partial charge in [-0.25, -0.2) is 0 Å². The molecule has 0 saturated carbocycles. The van der Waals surface area contributed by atoms with Crippen molar-refractivity contribution in [3.05, 3.63) is 63.6 Å². The minimum atomic E-state index is -0.207. The van der Waals surface area contributed by atoms with E-state index in [0.717, 1.165) is 11.1 Å². The highest BCUT2D eigenvalue weighted by molar-refractivity contribution is 6.32. The molecule has 0 aliphatic carbocycles. The Morgan fingerprint density at radius 2 is 2.00 bits per heavy atom. The van der Waals surface area contributed by atoms with Crippen LogP contribution in [0.15, 0.2) is 42.5 Å². The van der Waals surface area contributed by atoms with Gasteiger partial charge in [0.05, 0.1) is 5.02 Å². The SMILES string of the molecule is O=C(/C=C/c1cc(Cl)c2c(c1)OCCO2)NCc1cccc(Cl)c1. The number of amides is 1. The Labute approximate surface area is 150 Å². The van der Waals surface area contributed by atoms with Crippen molar-refractivity contribution in [2.24, 2.45) is 0 Å². The van der Waals surface area contributed by atoms with Crippen LogP contribution in [0.3, 0.4) is 0 Å². The average Bonchev–Trinajstić information content (AvgIpc) is 2.58. The standard InChI is InChI=1S/C18H15Cl2NO3/c19-14-3-1-2-13(8-14)11-21-17(22)5-4-12-9-15(20)18-16(10-12)23-6-7-24-18/h1-5,8-10H,6-7,11H2,(H,21,22)/b5-4+. The molecule has 2 aromatic rings. The van der Waals surface area contributed by atoms with Crippen LogP contribution >= 0.6 is 23.2 Å². The molecular weight excluding hydrogens is 349 g/mol. The summed E-state index contributed by atoms with van der Waals surface area (Å²) in [7, 11) is 0. The number of nitrogens with one attached hydrogen (secondary N) is 1. The minimum absolute atomic E-state index is 0.207. The number of halogens is 2. The number of ether oxygens (including phenoxy) is 2. The maximum Gasteiger partial charge on any atom is 0.244 e. The van der Waals surface area contributed by atoms with Crippen LogP contribution in [0.5, 0.6) is 11.5 Å². The first-order chi connectivity index (χ1) is 11.6. The molecule has 1 amide bonds. The quantitative estimate of drug-likeness (QED) is 0.832. The lowest BCUT2D eigenvalue weighted by Gasteiger charge is -2.19. The van der Waals surface area contributed by atoms with Gasteiger partial charge >= 0.3 is 0 Å². The second-order valence-corrected chi connectivity index (χ2v) is 6.05. The third-order valence-electron chi connectivity index (χ3n) is 3.40. The van der Waals surface area contributed by atoms with E-state index in [9.17, 15) is 4.79 Å². The normalized spacial score (nSPS) is 13.1. The molecule has 0 spiro atoms. The summed E-state index contributed by atoms with van der Waals surface area (Å²) in [6.07, 6.45) is 3.13. The number of rotatable bonds is 4. The number of carbonyl (C=O) groups is 1. The lowest BCUT2D eigenvalue weighted by atomic mass is 10.1. The van der Waals surface area contributed by atoms with Crippen molar-refractivity contribution in [3.8, 4) is 11.5 Å². The molecule has 1 aliphatic heterocycles. The van der Waals surface area contributed by atoms with Crippen LogP contribution in [0.2, 0.25) is 10.0 Å². The highest BCUT2D eigenvalue weighted by Gasteiger charge is 2.15. The number of hydrogen-bond acceptors (Lipinski definition) is 3. The van der Waals surface area contributed by atoms with Gasteiger partial charge in [0.15, 0.2) is 11.5 Å². The molecule has 0 atom stereocenters. The summed E-state index contributed by atoms with van der Waals surface area (Å²) in [4.78, 5) is 11.9. The van der Waals surface area contributed by atoms with E-state index in [1.807, 2.05) is 18.2 Å². The van der Waals surface area contributed by atoms with E-state index in [-0.39, 0.29) is 5.91 Å². The van der Waals surface area contributed by atoms with Crippen molar-refractivity contribution in [3.63, 3.8) is 0 Å². The minimum Gasteiger partial charge on any atom is -0.486 e. The van der Waals surface area contributed by atoms with E-state index >= 15 is 0 Å². The summed E-state index contributed by atoms with van der Waals surface area (Å²) in [5.41, 5.74) is 1.70. The van der Waals surface area contributed by atoms with Gasteiger partial charge in [0, 0.05) is 17.6 Å². The molecule has 2 aromatic carbocycles. The van der Waals surface area contributed by atoms with Gasteiger partial charge in [-0.15, -0.1) is 0 Å². The molecule has 124 valence electrons. The Kier molecular flexibility index (Phi) is 5.28. The molecule has 6 heteroatoms. The van der Waals surface area contributed by atoms with Crippen molar-refractivity contribution in [2.75, 3.05) is 13.2 Å². The topological polar surface area (TPSA) is 47.6 Å². The molecule has 1 aliphatic rings. The Morgan fingerprint density at radius 3 is 2.83 bits per heavy atom. The zero-order chi connectivity index (χ0) is 16.9. The van der Waals surface area contributed by atoms with Gasteiger partial charge in [-0.2, -0.15) is 0 Å². The number of fused-ring (bicyclic) bond motifs is 1. The van der Waals surface area contributed by atoms with Gasteiger partial charge in [-0.3, -0.25) is 4.79 Å². The van der Waals surface area contributed by atoms with E-state index in [1.165, 1.54) is 6.08 Å². The molecule has 24 heavy (non-hydrogen) atoms. The molecule has 0 unspecified atom stereocenters. The smallest absolute Gasteiger partial charge is 0.244 e. The van der Waals surface area contributed by atoms with Crippen LogP contribution in [0.25, 0.3) is 6.08 Å². The van der Waals surface area contributed by atoms with E-state index in [2.05, 4.69) is 5.32 Å². The Bertz CT molecular complexity index is 790. The largest absolute Gasteiger partial charge is 0.486 e. The second kappa shape index (κ2) is 7.60. The molecule has 4 nitrogen and oxygen atoms in total. The fraction of sp³-hybridized carbons (Fsp3) is 0.167. The lowest BCUT2D eigenvalue weighted by molar-refractivity contribution is -0.116. The molecule has 3 rings (SSSR count). The van der Waals surface area contributed by atoms with Gasteiger partial charge in [-0.05, 0) is 41.5 Å². The van der Waals surface area contributed by atoms with Crippen LogP contribution in [0.4, 0.5) is 0 Å². The van der Waals surface area contributed by atoms with Gasteiger partial charge < -0.3 is 14.8 Å². The fourth-order valence-corrected chi connectivity index (χ4v) is 2.78. The van der Waals surface area contributed by atoms with E-state index in [1.54, 1.807) is 24.3 Å². The van der Waals surface area contributed by atoms with E-state index in [4.69, 9.17) is 32.7 Å². The first-order valence-electron chi connectivity index (χ1n) is 7.41.